The Labute approximate surface area is 149 Å². The maximum atomic E-state index is 12.7. The van der Waals surface area contributed by atoms with Crippen LogP contribution in [0.1, 0.15) is 20.9 Å². The highest BCUT2D eigenvalue weighted by Crippen LogP contribution is 2.28. The molecule has 0 aliphatic carbocycles. The summed E-state index contributed by atoms with van der Waals surface area (Å²) in [7, 11) is 0. The fraction of sp³-hybridized carbons (Fsp3) is 0.105. The van der Waals surface area contributed by atoms with E-state index in [1.54, 1.807) is 24.3 Å². The number of hydrogen-bond acceptors (Lipinski definition) is 4. The summed E-state index contributed by atoms with van der Waals surface area (Å²) in [6.07, 6.45) is 0.0768. The summed E-state index contributed by atoms with van der Waals surface area (Å²) in [6.45, 7) is 1.81. The largest absolute Gasteiger partial charge is 0.369 e. The zero-order valence-electron chi connectivity index (χ0n) is 13.7. The summed E-state index contributed by atoms with van der Waals surface area (Å²) >= 11 is 1.34. The first-order chi connectivity index (χ1) is 12.0. The Bertz CT molecular complexity index is 919. The topological polar surface area (TPSA) is 85.1 Å². The molecule has 0 fully saturated rings. The number of nitrogens with two attached hydrogens (primary N) is 1. The van der Waals surface area contributed by atoms with Crippen molar-refractivity contribution >= 4 is 28.8 Å². The SMILES string of the molecule is Cc1nc(-c2ccccc2)sc1C(=O)Nc1ccccc1CC(N)=O. The van der Waals surface area contributed by atoms with Gasteiger partial charge in [0.15, 0.2) is 0 Å². The smallest absolute Gasteiger partial charge is 0.267 e. The van der Waals surface area contributed by atoms with Gasteiger partial charge in [-0.05, 0) is 18.6 Å². The Morgan fingerprint density at radius 1 is 1.08 bits per heavy atom. The van der Waals surface area contributed by atoms with Crippen molar-refractivity contribution < 1.29 is 9.59 Å². The molecule has 3 rings (SSSR count). The molecule has 2 aromatic carbocycles. The first-order valence-corrected chi connectivity index (χ1v) is 8.56. The first-order valence-electron chi connectivity index (χ1n) is 7.75. The summed E-state index contributed by atoms with van der Waals surface area (Å²) in [6, 6.07) is 16.9. The van der Waals surface area contributed by atoms with Gasteiger partial charge >= 0.3 is 0 Å². The summed E-state index contributed by atoms with van der Waals surface area (Å²) in [5.74, 6) is -0.684. The highest BCUT2D eigenvalue weighted by atomic mass is 32.1. The van der Waals surface area contributed by atoms with Crippen LogP contribution in [0.5, 0.6) is 0 Å². The van der Waals surface area contributed by atoms with Crippen LogP contribution in [-0.4, -0.2) is 16.8 Å². The van der Waals surface area contributed by atoms with E-state index < -0.39 is 5.91 Å². The number of primary amides is 1. The van der Waals surface area contributed by atoms with E-state index >= 15 is 0 Å². The number of para-hydroxylation sites is 1. The van der Waals surface area contributed by atoms with Crippen LogP contribution < -0.4 is 11.1 Å². The quantitative estimate of drug-likeness (QED) is 0.739. The molecule has 0 bridgehead atoms. The van der Waals surface area contributed by atoms with E-state index in [0.717, 1.165) is 10.6 Å². The molecule has 1 aromatic heterocycles. The van der Waals surface area contributed by atoms with Crippen LogP contribution in [0, 0.1) is 6.92 Å². The molecule has 0 saturated heterocycles. The Morgan fingerprint density at radius 2 is 1.76 bits per heavy atom. The normalized spacial score (nSPS) is 10.4. The molecule has 2 amide bonds. The van der Waals surface area contributed by atoms with Crippen molar-refractivity contribution in [1.82, 2.24) is 4.98 Å². The number of hydrogen-bond donors (Lipinski definition) is 2. The molecule has 1 heterocycles. The fourth-order valence-corrected chi connectivity index (χ4v) is 3.44. The minimum absolute atomic E-state index is 0.0768. The van der Waals surface area contributed by atoms with E-state index in [-0.39, 0.29) is 12.3 Å². The fourth-order valence-electron chi connectivity index (χ4n) is 2.47. The van der Waals surface area contributed by atoms with Gasteiger partial charge in [0.1, 0.15) is 9.88 Å². The van der Waals surface area contributed by atoms with Crippen LogP contribution in [-0.2, 0) is 11.2 Å². The molecule has 0 saturated carbocycles. The van der Waals surface area contributed by atoms with Crippen molar-refractivity contribution in [2.24, 2.45) is 5.73 Å². The van der Waals surface area contributed by atoms with Gasteiger partial charge in [-0.25, -0.2) is 4.98 Å². The second-order valence-corrected chi connectivity index (χ2v) is 6.55. The van der Waals surface area contributed by atoms with E-state index in [2.05, 4.69) is 10.3 Å². The van der Waals surface area contributed by atoms with Gasteiger partial charge in [-0.3, -0.25) is 9.59 Å². The summed E-state index contributed by atoms with van der Waals surface area (Å²) in [5.41, 5.74) is 8.19. The van der Waals surface area contributed by atoms with Crippen LogP contribution in [0.15, 0.2) is 54.6 Å². The van der Waals surface area contributed by atoms with Crippen LogP contribution >= 0.6 is 11.3 Å². The van der Waals surface area contributed by atoms with Gasteiger partial charge in [0.2, 0.25) is 5.91 Å². The van der Waals surface area contributed by atoms with Gasteiger partial charge in [0.25, 0.3) is 5.91 Å². The molecule has 5 nitrogen and oxygen atoms in total. The van der Waals surface area contributed by atoms with E-state index in [0.29, 0.717) is 21.8 Å². The zero-order valence-corrected chi connectivity index (χ0v) is 14.5. The number of rotatable bonds is 5. The summed E-state index contributed by atoms with van der Waals surface area (Å²) in [4.78, 5) is 28.9. The lowest BCUT2D eigenvalue weighted by molar-refractivity contribution is -0.117. The third-order valence-electron chi connectivity index (χ3n) is 3.65. The Kier molecular flexibility index (Phi) is 4.90. The van der Waals surface area contributed by atoms with Gasteiger partial charge in [0, 0.05) is 11.3 Å². The van der Waals surface area contributed by atoms with Crippen molar-refractivity contribution in [2.75, 3.05) is 5.32 Å². The summed E-state index contributed by atoms with van der Waals surface area (Å²) < 4.78 is 0. The minimum atomic E-state index is -0.443. The molecule has 0 aliphatic heterocycles. The average Bonchev–Trinajstić information content (AvgIpc) is 2.99. The molecule has 0 unspecified atom stereocenters. The standard InChI is InChI=1S/C19H17N3O2S/c1-12-17(25-19(21-12)13-7-3-2-4-8-13)18(24)22-15-10-6-5-9-14(15)11-16(20)23/h2-10H,11H2,1H3,(H2,20,23)(H,22,24). The number of nitrogens with zero attached hydrogens (tertiary/aromatic N) is 1. The van der Waals surface area contributed by atoms with Crippen LogP contribution in [0.25, 0.3) is 10.6 Å². The average molecular weight is 351 g/mol. The first kappa shape index (κ1) is 16.9. The number of anilines is 1. The van der Waals surface area contributed by atoms with Crippen molar-refractivity contribution in [3.05, 3.63) is 70.7 Å². The van der Waals surface area contributed by atoms with Crippen molar-refractivity contribution in [2.45, 2.75) is 13.3 Å². The zero-order chi connectivity index (χ0) is 17.8. The number of aryl methyl sites for hydroxylation is 1. The predicted octanol–water partition coefficient (Wildman–Crippen LogP) is 3.40. The maximum absolute atomic E-state index is 12.7. The highest BCUT2D eigenvalue weighted by Gasteiger charge is 2.17. The lowest BCUT2D eigenvalue weighted by atomic mass is 10.1. The number of benzene rings is 2. The second-order valence-electron chi connectivity index (χ2n) is 5.55. The molecule has 0 radical (unpaired) electrons. The molecule has 0 aliphatic rings. The van der Waals surface area contributed by atoms with Crippen LogP contribution in [0.4, 0.5) is 5.69 Å². The van der Waals surface area contributed by atoms with Crippen LogP contribution in [0.3, 0.4) is 0 Å². The number of thiazole rings is 1. The van der Waals surface area contributed by atoms with Crippen molar-refractivity contribution in [1.29, 1.82) is 0 Å². The van der Waals surface area contributed by atoms with Gasteiger partial charge < -0.3 is 11.1 Å². The number of carbonyl (C=O) groups excluding carboxylic acids is 2. The minimum Gasteiger partial charge on any atom is -0.369 e. The second kappa shape index (κ2) is 7.27. The number of carbonyl (C=O) groups is 2. The van der Waals surface area contributed by atoms with E-state index in [1.165, 1.54) is 11.3 Å². The Morgan fingerprint density at radius 3 is 2.48 bits per heavy atom. The van der Waals surface area contributed by atoms with E-state index in [1.807, 2.05) is 37.3 Å². The third-order valence-corrected chi connectivity index (χ3v) is 4.86. The number of amides is 2. The van der Waals surface area contributed by atoms with Gasteiger partial charge in [-0.15, -0.1) is 11.3 Å². The van der Waals surface area contributed by atoms with E-state index in [4.69, 9.17) is 5.73 Å². The molecular formula is C19H17N3O2S. The molecule has 6 heteroatoms. The monoisotopic (exact) mass is 351 g/mol. The molecule has 0 atom stereocenters. The van der Waals surface area contributed by atoms with Crippen molar-refractivity contribution in [3.8, 4) is 10.6 Å². The summed E-state index contributed by atoms with van der Waals surface area (Å²) in [5, 5.41) is 3.66. The molecule has 0 spiro atoms. The third kappa shape index (κ3) is 3.92. The molecule has 25 heavy (non-hydrogen) atoms. The predicted molar refractivity (Wildman–Crippen MR) is 99.6 cm³/mol. The molecule has 126 valence electrons. The molecular weight excluding hydrogens is 334 g/mol. The molecule has 3 N–H and O–H groups in total. The van der Waals surface area contributed by atoms with Gasteiger partial charge in [-0.1, -0.05) is 48.5 Å². The Balaban J connectivity index is 1.85. The van der Waals surface area contributed by atoms with Crippen LogP contribution in [0.2, 0.25) is 0 Å². The van der Waals surface area contributed by atoms with Gasteiger partial charge in [0.05, 0.1) is 12.1 Å². The molecule has 3 aromatic rings. The van der Waals surface area contributed by atoms with Gasteiger partial charge in [-0.2, -0.15) is 0 Å². The Hall–Kier alpha value is -2.99. The lowest BCUT2D eigenvalue weighted by Gasteiger charge is -2.09. The number of aromatic nitrogens is 1. The van der Waals surface area contributed by atoms with E-state index in [9.17, 15) is 9.59 Å². The lowest BCUT2D eigenvalue weighted by Crippen LogP contribution is -2.17. The highest BCUT2D eigenvalue weighted by molar-refractivity contribution is 7.17. The van der Waals surface area contributed by atoms with Crippen molar-refractivity contribution in [3.63, 3.8) is 0 Å². The maximum Gasteiger partial charge on any atom is 0.267 e. The number of nitrogens with one attached hydrogen (secondary N) is 1.